The Hall–Kier alpha value is -3.10. The molecule has 1 aliphatic heterocycles. The summed E-state index contributed by atoms with van der Waals surface area (Å²) < 4.78 is 9.63. The molecule has 0 saturated carbocycles. The van der Waals surface area contributed by atoms with Crippen molar-refractivity contribution < 1.29 is 9.21 Å². The van der Waals surface area contributed by atoms with Crippen molar-refractivity contribution in [1.29, 1.82) is 0 Å². The van der Waals surface area contributed by atoms with E-state index in [2.05, 4.69) is 5.10 Å². The van der Waals surface area contributed by atoms with E-state index in [1.165, 1.54) is 9.25 Å². The van der Waals surface area contributed by atoms with Crippen LogP contribution in [0.2, 0.25) is 0 Å². The van der Waals surface area contributed by atoms with Gasteiger partial charge in [-0.25, -0.2) is 14.3 Å². The van der Waals surface area contributed by atoms with Gasteiger partial charge in [0.1, 0.15) is 12.4 Å². The van der Waals surface area contributed by atoms with Crippen LogP contribution in [0.3, 0.4) is 0 Å². The Balaban J connectivity index is 1.46. The number of likely N-dealkylation sites (tertiary alicyclic amines) is 1. The molecule has 28 heavy (non-hydrogen) atoms. The van der Waals surface area contributed by atoms with E-state index < -0.39 is 5.76 Å². The number of rotatable bonds is 4. The van der Waals surface area contributed by atoms with Crippen LogP contribution in [0.15, 0.2) is 38.3 Å². The summed E-state index contributed by atoms with van der Waals surface area (Å²) in [4.78, 5) is 38.7. The van der Waals surface area contributed by atoms with Crippen molar-refractivity contribution in [3.8, 4) is 0 Å². The van der Waals surface area contributed by atoms with E-state index in [-0.39, 0.29) is 24.1 Å². The van der Waals surface area contributed by atoms with Crippen molar-refractivity contribution in [2.75, 3.05) is 13.1 Å². The Bertz CT molecular complexity index is 1130. The standard InChI is InChI=1S/C19H23N5O4/c1-3-23-17(20-21(2)18(23)26)13-8-10-22(11-9-13)16(25)12-24-14-6-4-5-7-15(14)28-19(24)27/h4-7,13H,3,8-12H2,1-2H3. The number of fused-ring (bicyclic) bond motifs is 1. The number of para-hydroxylation sites is 2. The topological polar surface area (TPSA) is 95.3 Å². The molecule has 1 aromatic carbocycles. The van der Waals surface area contributed by atoms with E-state index in [4.69, 9.17) is 4.42 Å². The second-order valence-electron chi connectivity index (χ2n) is 7.09. The highest BCUT2D eigenvalue weighted by atomic mass is 16.4. The molecule has 0 atom stereocenters. The molecular weight excluding hydrogens is 362 g/mol. The van der Waals surface area contributed by atoms with Crippen LogP contribution < -0.4 is 11.4 Å². The molecule has 1 amide bonds. The third-order valence-electron chi connectivity index (χ3n) is 5.43. The molecule has 0 radical (unpaired) electrons. The van der Waals surface area contributed by atoms with Gasteiger partial charge in [0.15, 0.2) is 5.58 Å². The number of oxazole rings is 1. The molecule has 0 aliphatic carbocycles. The number of amides is 1. The van der Waals surface area contributed by atoms with Crippen molar-refractivity contribution in [2.24, 2.45) is 7.05 Å². The summed E-state index contributed by atoms with van der Waals surface area (Å²) in [5.74, 6) is 0.306. The molecule has 0 N–H and O–H groups in total. The second-order valence-corrected chi connectivity index (χ2v) is 7.09. The summed E-state index contributed by atoms with van der Waals surface area (Å²) >= 11 is 0. The fraction of sp³-hybridized carbons (Fsp3) is 0.474. The van der Waals surface area contributed by atoms with Gasteiger partial charge < -0.3 is 9.32 Å². The lowest BCUT2D eigenvalue weighted by molar-refractivity contribution is -0.132. The lowest BCUT2D eigenvalue weighted by Crippen LogP contribution is -2.41. The molecule has 2 aromatic heterocycles. The number of aryl methyl sites for hydroxylation is 1. The molecular formula is C19H23N5O4. The number of carbonyl (C=O) groups is 1. The molecule has 3 heterocycles. The number of hydrogen-bond donors (Lipinski definition) is 0. The lowest BCUT2D eigenvalue weighted by Gasteiger charge is -2.31. The third-order valence-corrected chi connectivity index (χ3v) is 5.43. The Kier molecular flexibility index (Phi) is 4.66. The smallest absolute Gasteiger partial charge is 0.408 e. The summed E-state index contributed by atoms with van der Waals surface area (Å²) in [6.07, 6.45) is 1.48. The van der Waals surface area contributed by atoms with Crippen LogP contribution in [-0.4, -0.2) is 42.8 Å². The van der Waals surface area contributed by atoms with Gasteiger partial charge in [-0.3, -0.25) is 13.9 Å². The van der Waals surface area contributed by atoms with E-state index >= 15 is 0 Å². The number of hydrogen-bond acceptors (Lipinski definition) is 5. The van der Waals surface area contributed by atoms with E-state index in [1.54, 1.807) is 34.7 Å². The highest BCUT2D eigenvalue weighted by molar-refractivity contribution is 5.79. The fourth-order valence-electron chi connectivity index (χ4n) is 3.91. The van der Waals surface area contributed by atoms with Crippen LogP contribution in [0, 0.1) is 0 Å². The Morgan fingerprint density at radius 1 is 1.18 bits per heavy atom. The predicted octanol–water partition coefficient (Wildman–Crippen LogP) is 0.916. The molecule has 9 heteroatoms. The first-order valence-electron chi connectivity index (χ1n) is 9.49. The molecule has 1 aliphatic rings. The maximum atomic E-state index is 12.7. The zero-order valence-corrected chi connectivity index (χ0v) is 16.0. The highest BCUT2D eigenvalue weighted by Gasteiger charge is 2.28. The van der Waals surface area contributed by atoms with Crippen molar-refractivity contribution in [1.82, 2.24) is 23.8 Å². The number of piperidine rings is 1. The molecule has 9 nitrogen and oxygen atoms in total. The number of carbonyl (C=O) groups excluding carboxylic acids is 1. The molecule has 0 unspecified atom stereocenters. The molecule has 0 spiro atoms. The van der Waals surface area contributed by atoms with Crippen LogP contribution in [0.5, 0.6) is 0 Å². The zero-order chi connectivity index (χ0) is 19.8. The molecule has 4 rings (SSSR count). The Labute approximate surface area is 160 Å². The number of benzene rings is 1. The second kappa shape index (κ2) is 7.14. The summed E-state index contributed by atoms with van der Waals surface area (Å²) in [7, 11) is 1.66. The molecule has 1 fully saturated rings. The normalized spacial score (nSPS) is 15.4. The van der Waals surface area contributed by atoms with Crippen molar-refractivity contribution in [3.63, 3.8) is 0 Å². The third kappa shape index (κ3) is 3.06. The van der Waals surface area contributed by atoms with Gasteiger partial charge in [0, 0.05) is 32.6 Å². The van der Waals surface area contributed by atoms with Gasteiger partial charge in [-0.1, -0.05) is 12.1 Å². The Morgan fingerprint density at radius 3 is 2.61 bits per heavy atom. The first-order valence-corrected chi connectivity index (χ1v) is 9.49. The molecule has 0 bridgehead atoms. The van der Waals surface area contributed by atoms with Gasteiger partial charge in [-0.2, -0.15) is 5.10 Å². The number of aromatic nitrogens is 4. The van der Waals surface area contributed by atoms with Gasteiger partial charge >= 0.3 is 11.4 Å². The van der Waals surface area contributed by atoms with E-state index in [9.17, 15) is 14.4 Å². The van der Waals surface area contributed by atoms with Crippen LogP contribution in [0.1, 0.15) is 31.5 Å². The van der Waals surface area contributed by atoms with Gasteiger partial charge in [0.05, 0.1) is 5.52 Å². The zero-order valence-electron chi connectivity index (χ0n) is 16.0. The SMILES string of the molecule is CCn1c(C2CCN(C(=O)Cn3c(=O)oc4ccccc43)CC2)nn(C)c1=O. The maximum Gasteiger partial charge on any atom is 0.420 e. The van der Waals surface area contributed by atoms with Gasteiger partial charge in [-0.05, 0) is 31.9 Å². The quantitative estimate of drug-likeness (QED) is 0.665. The average Bonchev–Trinajstić information content (AvgIpc) is 3.18. The Morgan fingerprint density at radius 2 is 1.89 bits per heavy atom. The van der Waals surface area contributed by atoms with Crippen LogP contribution in [0.25, 0.3) is 11.1 Å². The first-order chi connectivity index (χ1) is 13.5. The van der Waals surface area contributed by atoms with Crippen LogP contribution >= 0.6 is 0 Å². The van der Waals surface area contributed by atoms with Gasteiger partial charge in [-0.15, -0.1) is 0 Å². The molecule has 148 valence electrons. The molecule has 1 saturated heterocycles. The minimum atomic E-state index is -0.523. The first kappa shape index (κ1) is 18.3. The lowest BCUT2D eigenvalue weighted by atomic mass is 9.96. The fourth-order valence-corrected chi connectivity index (χ4v) is 3.91. The van der Waals surface area contributed by atoms with Crippen LogP contribution in [0.4, 0.5) is 0 Å². The van der Waals surface area contributed by atoms with Crippen molar-refractivity contribution >= 4 is 17.0 Å². The molecule has 3 aromatic rings. The monoisotopic (exact) mass is 385 g/mol. The van der Waals surface area contributed by atoms with Crippen LogP contribution in [-0.2, 0) is 24.9 Å². The summed E-state index contributed by atoms with van der Waals surface area (Å²) in [6, 6.07) is 7.08. The van der Waals surface area contributed by atoms with E-state index in [0.717, 1.165) is 18.7 Å². The van der Waals surface area contributed by atoms with Crippen molar-refractivity contribution in [3.05, 3.63) is 51.1 Å². The summed E-state index contributed by atoms with van der Waals surface area (Å²) in [5, 5.41) is 4.39. The minimum Gasteiger partial charge on any atom is -0.408 e. The van der Waals surface area contributed by atoms with E-state index in [1.807, 2.05) is 13.0 Å². The minimum absolute atomic E-state index is 0.0379. The largest absolute Gasteiger partial charge is 0.420 e. The van der Waals surface area contributed by atoms with Gasteiger partial charge in [0.2, 0.25) is 5.91 Å². The highest BCUT2D eigenvalue weighted by Crippen LogP contribution is 2.26. The predicted molar refractivity (Wildman–Crippen MR) is 102 cm³/mol. The summed E-state index contributed by atoms with van der Waals surface area (Å²) in [6.45, 7) is 3.62. The number of nitrogens with zero attached hydrogens (tertiary/aromatic N) is 5. The maximum absolute atomic E-state index is 12.7. The van der Waals surface area contributed by atoms with Crippen molar-refractivity contribution in [2.45, 2.75) is 38.8 Å². The van der Waals surface area contributed by atoms with E-state index in [0.29, 0.717) is 30.7 Å². The average molecular weight is 385 g/mol. The van der Waals surface area contributed by atoms with Gasteiger partial charge in [0.25, 0.3) is 0 Å². The summed E-state index contributed by atoms with van der Waals surface area (Å²) in [5.41, 5.74) is 0.991.